The smallest absolute Gasteiger partial charge is 0.223 e. The van der Waals surface area contributed by atoms with E-state index >= 15 is 0 Å². The van der Waals surface area contributed by atoms with Gasteiger partial charge >= 0.3 is 0 Å². The Morgan fingerprint density at radius 3 is 2.67 bits per heavy atom. The van der Waals surface area contributed by atoms with Gasteiger partial charge < -0.3 is 14.4 Å². The van der Waals surface area contributed by atoms with Gasteiger partial charge in [0.15, 0.2) is 0 Å². The number of hydrogen-bond donors (Lipinski definition) is 0. The third kappa shape index (κ3) is 2.94. The van der Waals surface area contributed by atoms with Gasteiger partial charge in [-0.25, -0.2) is 12.7 Å². The van der Waals surface area contributed by atoms with Gasteiger partial charge in [-0.3, -0.25) is 4.79 Å². The second kappa shape index (κ2) is 5.49. The molecule has 1 amide bonds. The molecule has 0 spiro atoms. The average molecular weight is 318 g/mol. The van der Waals surface area contributed by atoms with E-state index in [9.17, 15) is 13.2 Å². The third-order valence-electron chi connectivity index (χ3n) is 4.83. The van der Waals surface area contributed by atoms with Gasteiger partial charge in [-0.15, -0.1) is 0 Å². The van der Waals surface area contributed by atoms with Crippen molar-refractivity contribution in [1.82, 2.24) is 9.21 Å². The minimum absolute atomic E-state index is 0.0872. The van der Waals surface area contributed by atoms with Gasteiger partial charge in [-0.1, -0.05) is 0 Å². The van der Waals surface area contributed by atoms with Crippen LogP contribution in [0, 0.1) is 11.3 Å². The standard InChI is InChI=1S/C13H22N2O5S/c1-21(17,18)15-7-11-8-20-10-13(11,9-15)6-12(16)14-2-4-19-5-3-14/h11H,2-10H2,1H3/t11-,13+/m1/s1. The van der Waals surface area contributed by atoms with Crippen molar-refractivity contribution < 1.29 is 22.7 Å². The lowest BCUT2D eigenvalue weighted by Crippen LogP contribution is -2.44. The van der Waals surface area contributed by atoms with Crippen LogP contribution in [0.3, 0.4) is 0 Å². The van der Waals surface area contributed by atoms with Crippen LogP contribution < -0.4 is 0 Å². The van der Waals surface area contributed by atoms with Gasteiger partial charge in [-0.05, 0) is 0 Å². The fraction of sp³-hybridized carbons (Fsp3) is 0.923. The summed E-state index contributed by atoms with van der Waals surface area (Å²) >= 11 is 0. The third-order valence-corrected chi connectivity index (χ3v) is 6.04. The topological polar surface area (TPSA) is 76.2 Å². The highest BCUT2D eigenvalue weighted by Gasteiger charge is 2.53. The number of rotatable bonds is 3. The number of hydrogen-bond acceptors (Lipinski definition) is 5. The van der Waals surface area contributed by atoms with Gasteiger partial charge in [0, 0.05) is 43.9 Å². The molecule has 0 bridgehead atoms. The Balaban J connectivity index is 1.71. The summed E-state index contributed by atoms with van der Waals surface area (Å²) in [5.74, 6) is 0.210. The maximum absolute atomic E-state index is 12.5. The second-order valence-electron chi connectivity index (χ2n) is 6.30. The first kappa shape index (κ1) is 15.2. The molecule has 21 heavy (non-hydrogen) atoms. The Kier molecular flexibility index (Phi) is 3.98. The Morgan fingerprint density at radius 1 is 1.29 bits per heavy atom. The summed E-state index contributed by atoms with van der Waals surface area (Å²) in [6.45, 7) is 4.28. The van der Waals surface area contributed by atoms with E-state index in [-0.39, 0.29) is 17.2 Å². The Bertz CT molecular complexity index is 517. The van der Waals surface area contributed by atoms with Crippen molar-refractivity contribution in [1.29, 1.82) is 0 Å². The van der Waals surface area contributed by atoms with E-state index in [4.69, 9.17) is 9.47 Å². The molecule has 8 heteroatoms. The molecule has 3 saturated heterocycles. The minimum atomic E-state index is -3.21. The molecule has 7 nitrogen and oxygen atoms in total. The summed E-state index contributed by atoms with van der Waals surface area (Å²) in [4.78, 5) is 14.3. The van der Waals surface area contributed by atoms with Crippen molar-refractivity contribution in [3.8, 4) is 0 Å². The molecule has 3 aliphatic heterocycles. The number of nitrogens with zero attached hydrogens (tertiary/aromatic N) is 2. The number of morpholine rings is 1. The van der Waals surface area contributed by atoms with Gasteiger partial charge in [0.25, 0.3) is 0 Å². The van der Waals surface area contributed by atoms with E-state index in [1.807, 2.05) is 4.90 Å². The van der Waals surface area contributed by atoms with Crippen LogP contribution in [0.15, 0.2) is 0 Å². The quantitative estimate of drug-likeness (QED) is 0.677. The minimum Gasteiger partial charge on any atom is -0.380 e. The van der Waals surface area contributed by atoms with Crippen molar-refractivity contribution in [3.63, 3.8) is 0 Å². The zero-order valence-corrected chi connectivity index (χ0v) is 13.1. The van der Waals surface area contributed by atoms with Crippen LogP contribution >= 0.6 is 0 Å². The van der Waals surface area contributed by atoms with Crippen LogP contribution in [0.4, 0.5) is 0 Å². The summed E-state index contributed by atoms with van der Waals surface area (Å²) in [6, 6.07) is 0. The summed E-state index contributed by atoms with van der Waals surface area (Å²) in [6.07, 6.45) is 1.59. The predicted molar refractivity (Wildman–Crippen MR) is 75.2 cm³/mol. The maximum Gasteiger partial charge on any atom is 0.223 e. The zero-order chi connectivity index (χ0) is 15.1. The van der Waals surface area contributed by atoms with Crippen LogP contribution in [0.25, 0.3) is 0 Å². The molecular weight excluding hydrogens is 296 g/mol. The fourth-order valence-electron chi connectivity index (χ4n) is 3.51. The van der Waals surface area contributed by atoms with Gasteiger partial charge in [0.2, 0.25) is 15.9 Å². The van der Waals surface area contributed by atoms with E-state index in [0.29, 0.717) is 59.0 Å². The molecule has 0 saturated carbocycles. The number of amides is 1. The first-order valence-electron chi connectivity index (χ1n) is 7.29. The number of carbonyl (C=O) groups is 1. The molecule has 3 fully saturated rings. The summed E-state index contributed by atoms with van der Waals surface area (Å²) in [5.41, 5.74) is -0.349. The molecule has 120 valence electrons. The Labute approximate surface area is 125 Å². The molecule has 0 N–H and O–H groups in total. The van der Waals surface area contributed by atoms with Crippen molar-refractivity contribution in [2.24, 2.45) is 11.3 Å². The number of ether oxygens (including phenoxy) is 2. The maximum atomic E-state index is 12.5. The Hall–Kier alpha value is -0.700. The SMILES string of the molecule is CS(=O)(=O)N1C[C@@H]2COC[C@]2(CC(=O)N2CCOCC2)C1. The predicted octanol–water partition coefficient (Wildman–Crippen LogP) is -0.857. The first-order valence-corrected chi connectivity index (χ1v) is 9.14. The largest absolute Gasteiger partial charge is 0.380 e. The highest BCUT2D eigenvalue weighted by Crippen LogP contribution is 2.45. The molecule has 0 radical (unpaired) electrons. The molecule has 2 atom stereocenters. The van der Waals surface area contributed by atoms with Crippen LogP contribution in [-0.2, 0) is 24.3 Å². The van der Waals surface area contributed by atoms with Gasteiger partial charge in [0.05, 0.1) is 32.7 Å². The van der Waals surface area contributed by atoms with Gasteiger partial charge in [-0.2, -0.15) is 0 Å². The lowest BCUT2D eigenvalue weighted by molar-refractivity contribution is -0.138. The molecular formula is C13H22N2O5S. The van der Waals surface area contributed by atoms with E-state index in [1.54, 1.807) is 0 Å². The molecule has 3 heterocycles. The average Bonchev–Trinajstić information content (AvgIpc) is 2.95. The molecule has 0 aromatic rings. The lowest BCUT2D eigenvalue weighted by atomic mass is 9.78. The Morgan fingerprint density at radius 2 is 2.00 bits per heavy atom. The number of fused-ring (bicyclic) bond motifs is 1. The van der Waals surface area contributed by atoms with Crippen molar-refractivity contribution >= 4 is 15.9 Å². The van der Waals surface area contributed by atoms with E-state index in [0.717, 1.165) is 0 Å². The highest BCUT2D eigenvalue weighted by molar-refractivity contribution is 7.88. The van der Waals surface area contributed by atoms with Crippen LogP contribution in [-0.4, -0.2) is 82.4 Å². The van der Waals surface area contributed by atoms with Crippen molar-refractivity contribution in [2.75, 3.05) is 58.9 Å². The molecule has 0 unspecified atom stereocenters. The number of sulfonamides is 1. The van der Waals surface area contributed by atoms with Gasteiger partial charge in [0.1, 0.15) is 0 Å². The van der Waals surface area contributed by atoms with Crippen LogP contribution in [0.1, 0.15) is 6.42 Å². The summed E-state index contributed by atoms with van der Waals surface area (Å²) in [5, 5.41) is 0. The zero-order valence-electron chi connectivity index (χ0n) is 12.3. The summed E-state index contributed by atoms with van der Waals surface area (Å²) in [7, 11) is -3.21. The highest BCUT2D eigenvalue weighted by atomic mass is 32.2. The van der Waals surface area contributed by atoms with Crippen LogP contribution in [0.2, 0.25) is 0 Å². The normalized spacial score (nSPS) is 34.1. The second-order valence-corrected chi connectivity index (χ2v) is 8.28. The fourth-order valence-corrected chi connectivity index (χ4v) is 4.45. The molecule has 0 aromatic heterocycles. The molecule has 3 rings (SSSR count). The first-order chi connectivity index (χ1) is 9.91. The molecule has 3 aliphatic rings. The van der Waals surface area contributed by atoms with Crippen molar-refractivity contribution in [3.05, 3.63) is 0 Å². The number of carbonyl (C=O) groups excluding carboxylic acids is 1. The summed E-state index contributed by atoms with van der Waals surface area (Å²) < 4.78 is 35.8. The van der Waals surface area contributed by atoms with Crippen LogP contribution in [0.5, 0.6) is 0 Å². The van der Waals surface area contributed by atoms with E-state index in [1.165, 1.54) is 10.6 Å². The monoisotopic (exact) mass is 318 g/mol. The molecule has 0 aliphatic carbocycles. The molecule has 0 aromatic carbocycles. The lowest BCUT2D eigenvalue weighted by Gasteiger charge is -2.32. The van der Waals surface area contributed by atoms with E-state index in [2.05, 4.69) is 0 Å². The van der Waals surface area contributed by atoms with E-state index < -0.39 is 10.0 Å². The van der Waals surface area contributed by atoms with Crippen molar-refractivity contribution in [2.45, 2.75) is 6.42 Å².